The minimum Gasteiger partial charge on any atom is -0.366 e. The Balaban J connectivity index is 1.35. The third-order valence-corrected chi connectivity index (χ3v) is 6.33. The van der Waals surface area contributed by atoms with E-state index in [1.807, 2.05) is 19.1 Å². The molecular formula is C23H28N4O3. The lowest BCUT2D eigenvalue weighted by Crippen LogP contribution is -2.37. The molecule has 2 heterocycles. The molecule has 1 saturated carbocycles. The Morgan fingerprint density at radius 1 is 1.17 bits per heavy atom. The molecule has 30 heavy (non-hydrogen) atoms. The lowest BCUT2D eigenvalue weighted by molar-refractivity contribution is -0.183. The first kappa shape index (κ1) is 20.5. The topological polar surface area (TPSA) is 98.4 Å². The van der Waals surface area contributed by atoms with Crippen molar-refractivity contribution in [2.75, 3.05) is 6.61 Å². The van der Waals surface area contributed by atoms with Crippen LogP contribution in [0.25, 0.3) is 0 Å². The minimum atomic E-state index is -0.382. The molecule has 0 unspecified atom stereocenters. The highest BCUT2D eigenvalue weighted by Gasteiger charge is 2.37. The molecule has 2 amide bonds. The van der Waals surface area contributed by atoms with Gasteiger partial charge in [0.15, 0.2) is 0 Å². The fourth-order valence-electron chi connectivity index (χ4n) is 4.63. The van der Waals surface area contributed by atoms with Gasteiger partial charge >= 0.3 is 0 Å². The summed E-state index contributed by atoms with van der Waals surface area (Å²) in [5.41, 5.74) is 8.89. The van der Waals surface area contributed by atoms with Crippen LogP contribution in [-0.4, -0.2) is 33.5 Å². The number of carbonyl (C=O) groups excluding carboxylic acids is 2. The van der Waals surface area contributed by atoms with E-state index >= 15 is 0 Å². The highest BCUT2D eigenvalue weighted by Crippen LogP contribution is 2.36. The molecule has 0 bridgehead atoms. The Morgan fingerprint density at radius 3 is 2.67 bits per heavy atom. The molecule has 0 spiro atoms. The number of benzene rings is 1. The molecule has 7 heteroatoms. The van der Waals surface area contributed by atoms with Gasteiger partial charge in [0, 0.05) is 30.3 Å². The van der Waals surface area contributed by atoms with E-state index in [4.69, 9.17) is 10.6 Å². The van der Waals surface area contributed by atoms with E-state index in [1.165, 1.54) is 5.06 Å². The first-order valence-electron chi connectivity index (χ1n) is 10.6. The van der Waals surface area contributed by atoms with Crippen molar-refractivity contribution in [1.29, 1.82) is 0 Å². The number of rotatable bonds is 5. The number of aromatic nitrogens is 2. The molecule has 7 nitrogen and oxygen atoms in total. The van der Waals surface area contributed by atoms with Crippen molar-refractivity contribution >= 4 is 11.8 Å². The molecule has 1 aromatic heterocycles. The smallest absolute Gasteiger partial charge is 0.249 e. The zero-order chi connectivity index (χ0) is 21.1. The van der Waals surface area contributed by atoms with Gasteiger partial charge in [0.25, 0.3) is 0 Å². The maximum atomic E-state index is 13.1. The third kappa shape index (κ3) is 4.36. The van der Waals surface area contributed by atoms with E-state index < -0.39 is 0 Å². The van der Waals surface area contributed by atoms with E-state index in [1.54, 1.807) is 18.6 Å². The predicted molar refractivity (Wildman–Crippen MR) is 111 cm³/mol. The molecule has 4 rings (SSSR count). The van der Waals surface area contributed by atoms with Crippen LogP contribution in [-0.2, 0) is 16.1 Å². The van der Waals surface area contributed by atoms with Gasteiger partial charge in [0.1, 0.15) is 6.04 Å². The predicted octanol–water partition coefficient (Wildman–Crippen LogP) is 3.14. The monoisotopic (exact) mass is 408 g/mol. The second-order valence-corrected chi connectivity index (χ2v) is 8.37. The van der Waals surface area contributed by atoms with E-state index in [2.05, 4.69) is 16.0 Å². The Kier molecular flexibility index (Phi) is 6.08. The molecule has 2 aromatic rings. The molecule has 1 aliphatic carbocycles. The summed E-state index contributed by atoms with van der Waals surface area (Å²) in [7, 11) is 0. The SMILES string of the molecule is Cc1ccc(CC2CCC(C(=O)N3OCC[C@H]3c3cnccn3)CC2)cc1C(N)=O. The molecule has 2 fully saturated rings. The van der Waals surface area contributed by atoms with Gasteiger partial charge < -0.3 is 5.73 Å². The second-order valence-electron chi connectivity index (χ2n) is 8.37. The molecular weight excluding hydrogens is 380 g/mol. The summed E-state index contributed by atoms with van der Waals surface area (Å²) in [6.07, 6.45) is 10.3. The number of primary amides is 1. The van der Waals surface area contributed by atoms with Gasteiger partial charge in [-0.1, -0.05) is 12.1 Å². The number of carbonyl (C=O) groups is 2. The molecule has 1 saturated heterocycles. The van der Waals surface area contributed by atoms with Gasteiger partial charge in [-0.05, 0) is 62.1 Å². The first-order chi connectivity index (χ1) is 14.5. The van der Waals surface area contributed by atoms with E-state index in [9.17, 15) is 9.59 Å². The normalized spacial score (nSPS) is 24.0. The number of nitrogens with zero attached hydrogens (tertiary/aromatic N) is 3. The van der Waals surface area contributed by atoms with E-state index in [0.29, 0.717) is 18.1 Å². The van der Waals surface area contributed by atoms with Crippen molar-refractivity contribution < 1.29 is 14.4 Å². The van der Waals surface area contributed by atoms with E-state index in [0.717, 1.165) is 55.3 Å². The summed E-state index contributed by atoms with van der Waals surface area (Å²) in [6, 6.07) is 5.80. The van der Waals surface area contributed by atoms with Crippen LogP contribution in [0.15, 0.2) is 36.8 Å². The second kappa shape index (κ2) is 8.92. The number of hydrogen-bond acceptors (Lipinski definition) is 5. The van der Waals surface area contributed by atoms with Crippen molar-refractivity contribution in [2.24, 2.45) is 17.6 Å². The van der Waals surface area contributed by atoms with Gasteiger partial charge in [-0.3, -0.25) is 24.4 Å². The maximum absolute atomic E-state index is 13.1. The summed E-state index contributed by atoms with van der Waals surface area (Å²) in [5, 5.41) is 1.54. The quantitative estimate of drug-likeness (QED) is 0.819. The van der Waals surface area contributed by atoms with Gasteiger partial charge in [-0.2, -0.15) is 0 Å². The van der Waals surface area contributed by atoms with Crippen molar-refractivity contribution in [3.8, 4) is 0 Å². The fourth-order valence-corrected chi connectivity index (χ4v) is 4.63. The zero-order valence-electron chi connectivity index (χ0n) is 17.3. The Morgan fingerprint density at radius 2 is 1.97 bits per heavy atom. The van der Waals surface area contributed by atoms with Crippen LogP contribution in [0.1, 0.15) is 65.3 Å². The minimum absolute atomic E-state index is 0.0160. The van der Waals surface area contributed by atoms with Crippen molar-refractivity contribution in [3.05, 3.63) is 59.2 Å². The van der Waals surface area contributed by atoms with Gasteiger partial charge in [0.05, 0.1) is 18.5 Å². The summed E-state index contributed by atoms with van der Waals surface area (Å²) in [5.74, 6) is 0.172. The fraction of sp³-hybridized carbons (Fsp3) is 0.478. The first-order valence-corrected chi connectivity index (χ1v) is 10.6. The number of aryl methyl sites for hydroxylation is 1. The molecule has 2 aliphatic rings. The summed E-state index contributed by atoms with van der Waals surface area (Å²) >= 11 is 0. The highest BCUT2D eigenvalue weighted by molar-refractivity contribution is 5.94. The van der Waals surface area contributed by atoms with Crippen molar-refractivity contribution in [3.63, 3.8) is 0 Å². The van der Waals surface area contributed by atoms with E-state index in [-0.39, 0.29) is 23.8 Å². The molecule has 0 radical (unpaired) electrons. The average Bonchev–Trinajstić information content (AvgIpc) is 3.25. The van der Waals surface area contributed by atoms with Crippen LogP contribution >= 0.6 is 0 Å². The summed E-state index contributed by atoms with van der Waals surface area (Å²) < 4.78 is 0. The maximum Gasteiger partial charge on any atom is 0.249 e. The number of amides is 2. The molecule has 2 N–H and O–H groups in total. The average molecular weight is 409 g/mol. The standard InChI is InChI=1S/C23H28N4O3/c1-15-2-3-17(13-19(15)22(24)28)12-16-4-6-18(7-5-16)23(29)27-21(8-11-30-27)20-14-25-9-10-26-20/h2-3,9-10,13-14,16,18,21H,4-8,11-12H2,1H3,(H2,24,28)/t16?,18?,21-/m0/s1. The highest BCUT2D eigenvalue weighted by atomic mass is 16.7. The Hall–Kier alpha value is -2.80. The molecule has 1 aromatic carbocycles. The zero-order valence-corrected chi connectivity index (χ0v) is 17.3. The number of hydrogen-bond donors (Lipinski definition) is 1. The van der Waals surface area contributed by atoms with Crippen LogP contribution < -0.4 is 5.73 Å². The Bertz CT molecular complexity index is 910. The number of hydroxylamine groups is 2. The number of nitrogens with two attached hydrogens (primary N) is 1. The Labute approximate surface area is 176 Å². The molecule has 158 valence electrons. The lowest BCUT2D eigenvalue weighted by atomic mass is 9.78. The molecule has 1 atom stereocenters. The lowest BCUT2D eigenvalue weighted by Gasteiger charge is -2.31. The largest absolute Gasteiger partial charge is 0.366 e. The van der Waals surface area contributed by atoms with Crippen LogP contribution in [0.2, 0.25) is 0 Å². The van der Waals surface area contributed by atoms with Crippen molar-refractivity contribution in [1.82, 2.24) is 15.0 Å². The van der Waals surface area contributed by atoms with Crippen LogP contribution in [0, 0.1) is 18.8 Å². The van der Waals surface area contributed by atoms with Gasteiger partial charge in [0.2, 0.25) is 11.8 Å². The van der Waals surface area contributed by atoms with Crippen molar-refractivity contribution in [2.45, 2.75) is 51.5 Å². The van der Waals surface area contributed by atoms with Crippen LogP contribution in [0.3, 0.4) is 0 Å². The van der Waals surface area contributed by atoms with Crippen LogP contribution in [0.5, 0.6) is 0 Å². The van der Waals surface area contributed by atoms with Crippen LogP contribution in [0.4, 0.5) is 0 Å². The summed E-state index contributed by atoms with van der Waals surface area (Å²) in [6.45, 7) is 2.42. The van der Waals surface area contributed by atoms with Gasteiger partial charge in [-0.25, -0.2) is 5.06 Å². The molecule has 1 aliphatic heterocycles. The third-order valence-electron chi connectivity index (χ3n) is 6.33. The summed E-state index contributed by atoms with van der Waals surface area (Å²) in [4.78, 5) is 38.9. The van der Waals surface area contributed by atoms with Gasteiger partial charge in [-0.15, -0.1) is 0 Å².